The molecule has 0 radical (unpaired) electrons. The number of carboxylic acid groups (broad SMARTS) is 1. The molecule has 0 aliphatic carbocycles. The minimum absolute atomic E-state index is 0.0423. The summed E-state index contributed by atoms with van der Waals surface area (Å²) in [6.45, 7) is -1.14. The third-order valence-electron chi connectivity index (χ3n) is 4.79. The van der Waals surface area contributed by atoms with E-state index >= 15 is 0 Å². The van der Waals surface area contributed by atoms with Crippen molar-refractivity contribution < 1.29 is 31.8 Å². The van der Waals surface area contributed by atoms with E-state index in [1.807, 2.05) is 6.07 Å². The zero-order valence-electron chi connectivity index (χ0n) is 17.6. The molecule has 11 heteroatoms. The van der Waals surface area contributed by atoms with Gasteiger partial charge in [0, 0.05) is 30.8 Å². The topological polar surface area (TPSA) is 108 Å². The molecule has 0 atom stereocenters. The molecule has 1 N–H and O–H groups in total. The van der Waals surface area contributed by atoms with Gasteiger partial charge in [-0.05, 0) is 42.0 Å². The second-order valence-corrected chi connectivity index (χ2v) is 9.60. The van der Waals surface area contributed by atoms with Gasteiger partial charge in [-0.3, -0.25) is 0 Å². The minimum atomic E-state index is -4.15. The van der Waals surface area contributed by atoms with E-state index in [2.05, 4.69) is 0 Å². The van der Waals surface area contributed by atoms with Gasteiger partial charge in [0.1, 0.15) is 17.4 Å². The lowest BCUT2D eigenvalue weighted by Gasteiger charge is -2.20. The Morgan fingerprint density at radius 2 is 1.88 bits per heavy atom. The van der Waals surface area contributed by atoms with Crippen molar-refractivity contribution in [2.45, 2.75) is 11.4 Å². The van der Waals surface area contributed by atoms with Crippen molar-refractivity contribution in [3.8, 4) is 22.9 Å². The van der Waals surface area contributed by atoms with Crippen molar-refractivity contribution in [2.24, 2.45) is 0 Å². The molecule has 0 saturated carbocycles. The lowest BCUT2D eigenvalue weighted by molar-refractivity contribution is -0.139. The molecule has 0 aromatic heterocycles. The Morgan fingerprint density at radius 1 is 1.15 bits per heavy atom. The molecule has 3 aromatic rings. The van der Waals surface area contributed by atoms with Crippen molar-refractivity contribution in [2.75, 3.05) is 13.7 Å². The smallest absolute Gasteiger partial charge is 0.341 e. The summed E-state index contributed by atoms with van der Waals surface area (Å²) in [6.07, 6.45) is 0. The number of nitriles is 1. The van der Waals surface area contributed by atoms with Crippen LogP contribution in [0.2, 0.25) is 5.02 Å². The average Bonchev–Trinajstić information content (AvgIpc) is 2.80. The molecule has 176 valence electrons. The standard InChI is InChI=1S/C23H17ClF2N2O5S/c1-28(34(31,32)17-5-6-20(25)19(24)9-17)12-16-8-18(15-4-2-3-14(7-15)11-27)22(10-21(16)26)33-13-23(29)30/h2-10H,12-13H2,1H3,(H,29,30). The van der Waals surface area contributed by atoms with Crippen LogP contribution in [0.25, 0.3) is 11.1 Å². The third-order valence-corrected chi connectivity index (χ3v) is 6.88. The maximum atomic E-state index is 14.9. The molecule has 3 aromatic carbocycles. The number of nitrogens with zero attached hydrogens (tertiary/aromatic N) is 2. The lowest BCUT2D eigenvalue weighted by atomic mass is 9.99. The molecule has 0 fully saturated rings. The van der Waals surface area contributed by atoms with Gasteiger partial charge >= 0.3 is 5.97 Å². The normalized spacial score (nSPS) is 11.3. The first-order valence-electron chi connectivity index (χ1n) is 9.62. The molecule has 34 heavy (non-hydrogen) atoms. The van der Waals surface area contributed by atoms with Gasteiger partial charge in [0.05, 0.1) is 21.6 Å². The number of aliphatic carboxylic acids is 1. The minimum Gasteiger partial charge on any atom is -0.481 e. The van der Waals surface area contributed by atoms with E-state index in [0.29, 0.717) is 11.1 Å². The van der Waals surface area contributed by atoms with Crippen LogP contribution in [0, 0.1) is 23.0 Å². The zero-order valence-corrected chi connectivity index (χ0v) is 19.2. The maximum absolute atomic E-state index is 14.9. The van der Waals surface area contributed by atoms with E-state index in [-0.39, 0.29) is 26.8 Å². The number of ether oxygens (including phenoxy) is 1. The molecule has 0 bridgehead atoms. The van der Waals surface area contributed by atoms with Crippen molar-refractivity contribution in [3.05, 3.63) is 82.4 Å². The summed E-state index contributed by atoms with van der Waals surface area (Å²) in [5.41, 5.74) is 0.974. The van der Waals surface area contributed by atoms with Crippen LogP contribution in [-0.2, 0) is 21.4 Å². The molecule has 7 nitrogen and oxygen atoms in total. The monoisotopic (exact) mass is 506 g/mol. The summed E-state index contributed by atoms with van der Waals surface area (Å²) in [4.78, 5) is 10.7. The Bertz CT molecular complexity index is 1410. The van der Waals surface area contributed by atoms with Crippen LogP contribution in [-0.4, -0.2) is 37.5 Å². The third kappa shape index (κ3) is 5.51. The van der Waals surface area contributed by atoms with E-state index in [9.17, 15) is 27.3 Å². The summed E-state index contributed by atoms with van der Waals surface area (Å²) < 4.78 is 60.2. The van der Waals surface area contributed by atoms with Crippen LogP contribution < -0.4 is 4.74 Å². The summed E-state index contributed by atoms with van der Waals surface area (Å²) in [5, 5.41) is 17.7. The average molecular weight is 507 g/mol. The van der Waals surface area contributed by atoms with Gasteiger partial charge in [-0.1, -0.05) is 23.7 Å². The van der Waals surface area contributed by atoms with E-state index in [1.165, 1.54) is 19.2 Å². The number of sulfonamides is 1. The van der Waals surface area contributed by atoms with Gasteiger partial charge in [0.25, 0.3) is 0 Å². The van der Waals surface area contributed by atoms with Gasteiger partial charge in [0.2, 0.25) is 10.0 Å². The summed E-state index contributed by atoms with van der Waals surface area (Å²) in [5.74, 6) is -2.98. The predicted octanol–water partition coefficient (Wildman–Crippen LogP) is 4.44. The zero-order chi connectivity index (χ0) is 25.0. The van der Waals surface area contributed by atoms with Gasteiger partial charge in [0.15, 0.2) is 6.61 Å². The van der Waals surface area contributed by atoms with Crippen LogP contribution in [0.15, 0.2) is 59.5 Å². The van der Waals surface area contributed by atoms with Gasteiger partial charge in [-0.15, -0.1) is 0 Å². The summed E-state index contributed by atoms with van der Waals surface area (Å²) in [7, 11) is -2.93. The fourth-order valence-corrected chi connectivity index (χ4v) is 4.52. The Balaban J connectivity index is 2.03. The first-order valence-corrected chi connectivity index (χ1v) is 11.4. The first-order chi connectivity index (χ1) is 16.0. The van der Waals surface area contributed by atoms with E-state index in [0.717, 1.165) is 28.6 Å². The predicted molar refractivity (Wildman–Crippen MR) is 120 cm³/mol. The number of rotatable bonds is 8. The molecular formula is C23H17ClF2N2O5S. The molecule has 0 aliphatic heterocycles. The molecule has 0 unspecified atom stereocenters. The van der Waals surface area contributed by atoms with E-state index in [4.69, 9.17) is 21.4 Å². The molecule has 0 heterocycles. The van der Waals surface area contributed by atoms with Crippen LogP contribution in [0.4, 0.5) is 8.78 Å². The van der Waals surface area contributed by atoms with E-state index in [1.54, 1.807) is 18.2 Å². The van der Waals surface area contributed by atoms with Crippen LogP contribution in [0.5, 0.6) is 5.75 Å². The number of hydrogen-bond acceptors (Lipinski definition) is 5. The number of benzene rings is 3. The highest BCUT2D eigenvalue weighted by Crippen LogP contribution is 2.34. The van der Waals surface area contributed by atoms with Gasteiger partial charge < -0.3 is 9.84 Å². The van der Waals surface area contributed by atoms with Crippen LogP contribution in [0.1, 0.15) is 11.1 Å². The van der Waals surface area contributed by atoms with Crippen molar-refractivity contribution in [3.63, 3.8) is 0 Å². The fraction of sp³-hybridized carbons (Fsp3) is 0.130. The maximum Gasteiger partial charge on any atom is 0.341 e. The lowest BCUT2D eigenvalue weighted by Crippen LogP contribution is -2.27. The number of halogens is 3. The Hall–Kier alpha value is -3.52. The number of carboxylic acids is 1. The molecular weight excluding hydrogens is 490 g/mol. The first kappa shape index (κ1) is 25.1. The second kappa shape index (κ2) is 10.2. The largest absolute Gasteiger partial charge is 0.481 e. The quantitative estimate of drug-likeness (QED) is 0.484. The number of carbonyl (C=O) groups is 1. The van der Waals surface area contributed by atoms with Crippen molar-refractivity contribution in [1.29, 1.82) is 5.26 Å². The van der Waals surface area contributed by atoms with Crippen LogP contribution in [0.3, 0.4) is 0 Å². The molecule has 0 saturated heterocycles. The second-order valence-electron chi connectivity index (χ2n) is 7.15. The highest BCUT2D eigenvalue weighted by atomic mass is 35.5. The Morgan fingerprint density at radius 3 is 2.53 bits per heavy atom. The summed E-state index contributed by atoms with van der Waals surface area (Å²) in [6, 6.07) is 13.5. The highest BCUT2D eigenvalue weighted by molar-refractivity contribution is 7.89. The molecule has 0 amide bonds. The van der Waals surface area contributed by atoms with Crippen molar-refractivity contribution >= 4 is 27.6 Å². The van der Waals surface area contributed by atoms with Gasteiger partial charge in [-0.25, -0.2) is 22.0 Å². The molecule has 0 spiro atoms. The molecule has 3 rings (SSSR count). The Labute approximate surface area is 199 Å². The van der Waals surface area contributed by atoms with Crippen molar-refractivity contribution in [1.82, 2.24) is 4.31 Å². The molecule has 0 aliphatic rings. The van der Waals surface area contributed by atoms with E-state index < -0.39 is 40.8 Å². The fourth-order valence-electron chi connectivity index (χ4n) is 3.10. The van der Waals surface area contributed by atoms with Crippen LogP contribution >= 0.6 is 11.6 Å². The highest BCUT2D eigenvalue weighted by Gasteiger charge is 2.24. The number of hydrogen-bond donors (Lipinski definition) is 1. The summed E-state index contributed by atoms with van der Waals surface area (Å²) >= 11 is 5.70. The SMILES string of the molecule is CN(Cc1cc(-c2cccc(C#N)c2)c(OCC(=O)O)cc1F)S(=O)(=O)c1ccc(F)c(Cl)c1. The van der Waals surface area contributed by atoms with Gasteiger partial charge in [-0.2, -0.15) is 9.57 Å². The Kier molecular flexibility index (Phi) is 7.51.